The molecule has 0 aliphatic rings. The first-order valence-corrected chi connectivity index (χ1v) is 7.13. The van der Waals surface area contributed by atoms with E-state index in [4.69, 9.17) is 0 Å². The van der Waals surface area contributed by atoms with E-state index in [9.17, 15) is 13.2 Å². The second-order valence-corrected chi connectivity index (χ2v) is 6.32. The van der Waals surface area contributed by atoms with E-state index in [-0.39, 0.29) is 22.2 Å². The van der Waals surface area contributed by atoms with Gasteiger partial charge in [0.2, 0.25) is 0 Å². The summed E-state index contributed by atoms with van der Waals surface area (Å²) in [6.45, 7) is 7.06. The van der Waals surface area contributed by atoms with E-state index in [2.05, 4.69) is 26.1 Å². The Hall–Kier alpha value is -0.680. The first-order chi connectivity index (χ1) is 8.72. The van der Waals surface area contributed by atoms with Crippen molar-refractivity contribution in [3.63, 3.8) is 0 Å². The largest absolute Gasteiger partial charge is 0.446 e. The van der Waals surface area contributed by atoms with Crippen LogP contribution < -0.4 is 5.32 Å². The molecule has 5 heteroatoms. The zero-order valence-electron chi connectivity index (χ0n) is 11.5. The van der Waals surface area contributed by atoms with E-state index in [0.29, 0.717) is 6.54 Å². The molecule has 0 spiro atoms. The van der Waals surface area contributed by atoms with Gasteiger partial charge in [0.25, 0.3) is 0 Å². The van der Waals surface area contributed by atoms with Crippen LogP contribution in [0.4, 0.5) is 13.2 Å². The van der Waals surface area contributed by atoms with Gasteiger partial charge in [-0.1, -0.05) is 25.5 Å². The SMILES string of the molecule is CCCC(C)(C)NCc1ccc(SC(F)(F)F)cc1. The molecule has 0 unspecified atom stereocenters. The summed E-state index contributed by atoms with van der Waals surface area (Å²) in [6.07, 6.45) is 2.16. The quantitative estimate of drug-likeness (QED) is 0.743. The normalized spacial score (nSPS) is 12.7. The third-order valence-corrected chi connectivity index (χ3v) is 3.54. The van der Waals surface area contributed by atoms with Gasteiger partial charge in [-0.05, 0) is 49.7 Å². The van der Waals surface area contributed by atoms with E-state index in [1.165, 1.54) is 12.1 Å². The Kier molecular flexibility index (Phi) is 5.74. The van der Waals surface area contributed by atoms with Crippen LogP contribution in [0, 0.1) is 0 Å². The van der Waals surface area contributed by atoms with Gasteiger partial charge < -0.3 is 5.32 Å². The lowest BCUT2D eigenvalue weighted by Crippen LogP contribution is -2.38. The lowest BCUT2D eigenvalue weighted by molar-refractivity contribution is -0.0328. The molecule has 0 radical (unpaired) electrons. The fourth-order valence-electron chi connectivity index (χ4n) is 1.86. The highest BCUT2D eigenvalue weighted by atomic mass is 32.2. The molecule has 19 heavy (non-hydrogen) atoms. The molecule has 0 aromatic heterocycles. The van der Waals surface area contributed by atoms with Crippen LogP contribution in [0.3, 0.4) is 0 Å². The van der Waals surface area contributed by atoms with Gasteiger partial charge in [0.05, 0.1) is 0 Å². The van der Waals surface area contributed by atoms with Crippen LogP contribution in [0.25, 0.3) is 0 Å². The van der Waals surface area contributed by atoms with Crippen LogP contribution in [0.2, 0.25) is 0 Å². The van der Waals surface area contributed by atoms with Crippen molar-refractivity contribution in [2.75, 3.05) is 0 Å². The highest BCUT2D eigenvalue weighted by molar-refractivity contribution is 8.00. The van der Waals surface area contributed by atoms with Gasteiger partial charge in [0, 0.05) is 17.0 Å². The predicted octanol–water partition coefficient (Wildman–Crippen LogP) is 4.97. The summed E-state index contributed by atoms with van der Waals surface area (Å²) >= 11 is -0.0792. The summed E-state index contributed by atoms with van der Waals surface area (Å²) in [4.78, 5) is 0.226. The maximum atomic E-state index is 12.2. The molecule has 1 rings (SSSR count). The minimum atomic E-state index is -4.22. The number of rotatable bonds is 6. The molecule has 0 aliphatic carbocycles. The number of alkyl halides is 3. The van der Waals surface area contributed by atoms with E-state index in [0.717, 1.165) is 18.4 Å². The van der Waals surface area contributed by atoms with Crippen LogP contribution in [0.5, 0.6) is 0 Å². The van der Waals surface area contributed by atoms with Gasteiger partial charge in [-0.3, -0.25) is 0 Å². The first kappa shape index (κ1) is 16.4. The number of halogens is 3. The van der Waals surface area contributed by atoms with Crippen LogP contribution >= 0.6 is 11.8 Å². The van der Waals surface area contributed by atoms with Crippen molar-refractivity contribution < 1.29 is 13.2 Å². The number of benzene rings is 1. The van der Waals surface area contributed by atoms with E-state index >= 15 is 0 Å². The van der Waals surface area contributed by atoms with Crippen molar-refractivity contribution >= 4 is 11.8 Å². The zero-order chi connectivity index (χ0) is 14.5. The maximum absolute atomic E-state index is 12.2. The fraction of sp³-hybridized carbons (Fsp3) is 0.571. The highest BCUT2D eigenvalue weighted by Crippen LogP contribution is 2.36. The summed E-state index contributed by atoms with van der Waals surface area (Å²) in [6, 6.07) is 6.51. The van der Waals surface area contributed by atoms with Crippen molar-refractivity contribution in [3.8, 4) is 0 Å². The third kappa shape index (κ3) is 6.87. The summed E-state index contributed by atoms with van der Waals surface area (Å²) in [5.74, 6) is 0. The van der Waals surface area contributed by atoms with Crippen LogP contribution in [-0.2, 0) is 6.54 Å². The van der Waals surface area contributed by atoms with Crippen molar-refractivity contribution in [3.05, 3.63) is 29.8 Å². The van der Waals surface area contributed by atoms with Gasteiger partial charge >= 0.3 is 5.51 Å². The maximum Gasteiger partial charge on any atom is 0.446 e. The molecular weight excluding hydrogens is 271 g/mol. The smallest absolute Gasteiger partial charge is 0.308 e. The van der Waals surface area contributed by atoms with Crippen molar-refractivity contribution in [2.45, 2.75) is 56.1 Å². The number of hydrogen-bond donors (Lipinski definition) is 1. The van der Waals surface area contributed by atoms with Crippen LogP contribution in [0.15, 0.2) is 29.2 Å². The molecule has 0 saturated heterocycles. The van der Waals surface area contributed by atoms with E-state index in [1.807, 2.05) is 0 Å². The van der Waals surface area contributed by atoms with Gasteiger partial charge in [0.1, 0.15) is 0 Å². The van der Waals surface area contributed by atoms with Gasteiger partial charge in [-0.2, -0.15) is 13.2 Å². The van der Waals surface area contributed by atoms with E-state index < -0.39 is 5.51 Å². The summed E-state index contributed by atoms with van der Waals surface area (Å²) in [7, 11) is 0. The molecule has 1 aromatic rings. The van der Waals surface area contributed by atoms with Crippen LogP contribution in [-0.4, -0.2) is 11.0 Å². The van der Waals surface area contributed by atoms with Gasteiger partial charge in [0.15, 0.2) is 0 Å². The Morgan fingerprint density at radius 3 is 2.16 bits per heavy atom. The second-order valence-electron chi connectivity index (χ2n) is 5.18. The predicted molar refractivity (Wildman–Crippen MR) is 74.2 cm³/mol. The zero-order valence-corrected chi connectivity index (χ0v) is 12.3. The average Bonchev–Trinajstić information content (AvgIpc) is 2.26. The minimum absolute atomic E-state index is 0.0497. The highest BCUT2D eigenvalue weighted by Gasteiger charge is 2.29. The molecule has 1 N–H and O–H groups in total. The second kappa shape index (κ2) is 6.66. The molecule has 108 valence electrons. The lowest BCUT2D eigenvalue weighted by Gasteiger charge is -2.26. The Balaban J connectivity index is 2.53. The molecule has 0 bridgehead atoms. The average molecular weight is 291 g/mol. The Labute approximate surface area is 117 Å². The molecule has 0 amide bonds. The molecule has 0 fully saturated rings. The molecule has 0 heterocycles. The third-order valence-electron chi connectivity index (χ3n) is 2.80. The van der Waals surface area contributed by atoms with Crippen LogP contribution in [0.1, 0.15) is 39.2 Å². The number of thioether (sulfide) groups is 1. The van der Waals surface area contributed by atoms with Crippen molar-refractivity contribution in [1.82, 2.24) is 5.32 Å². The lowest BCUT2D eigenvalue weighted by atomic mass is 9.98. The van der Waals surface area contributed by atoms with E-state index in [1.54, 1.807) is 12.1 Å². The van der Waals surface area contributed by atoms with Crippen molar-refractivity contribution in [1.29, 1.82) is 0 Å². The molecule has 1 aromatic carbocycles. The summed E-state index contributed by atoms with van der Waals surface area (Å²) in [5.41, 5.74) is -3.17. The molecule has 0 aliphatic heterocycles. The molecule has 1 nitrogen and oxygen atoms in total. The van der Waals surface area contributed by atoms with Gasteiger partial charge in [-0.15, -0.1) is 0 Å². The van der Waals surface area contributed by atoms with Crippen molar-refractivity contribution in [2.24, 2.45) is 0 Å². The Bertz CT molecular complexity index is 385. The Morgan fingerprint density at radius 1 is 1.11 bits per heavy atom. The number of hydrogen-bond acceptors (Lipinski definition) is 2. The standard InChI is InChI=1S/C14H20F3NS/c1-4-9-13(2,3)18-10-11-5-7-12(8-6-11)19-14(15,16)17/h5-8,18H,4,9-10H2,1-3H3. The summed E-state index contributed by atoms with van der Waals surface area (Å²) < 4.78 is 36.5. The minimum Gasteiger partial charge on any atom is -0.308 e. The number of nitrogens with one attached hydrogen (secondary N) is 1. The van der Waals surface area contributed by atoms with Gasteiger partial charge in [-0.25, -0.2) is 0 Å². The molecular formula is C14H20F3NS. The first-order valence-electron chi connectivity index (χ1n) is 6.31. The Morgan fingerprint density at radius 2 is 1.68 bits per heavy atom. The molecule has 0 atom stereocenters. The monoisotopic (exact) mass is 291 g/mol. The topological polar surface area (TPSA) is 12.0 Å². The fourth-order valence-corrected chi connectivity index (χ4v) is 2.40. The summed E-state index contributed by atoms with van der Waals surface area (Å²) in [5, 5.41) is 3.41. The molecule has 0 saturated carbocycles.